The predicted octanol–water partition coefficient (Wildman–Crippen LogP) is 1.39. The van der Waals surface area contributed by atoms with Crippen molar-refractivity contribution in [3.05, 3.63) is 35.9 Å². The fourth-order valence-corrected chi connectivity index (χ4v) is 4.39. The maximum atomic E-state index is 12.8. The van der Waals surface area contributed by atoms with Crippen LogP contribution in [0, 0.1) is 5.41 Å². The minimum Gasteiger partial charge on any atom is -0.396 e. The number of aliphatic hydroxyl groups excluding tert-OH is 1. The molecule has 0 spiro atoms. The Morgan fingerprint density at radius 1 is 1.30 bits per heavy atom. The third-order valence-corrected chi connectivity index (χ3v) is 6.04. The van der Waals surface area contributed by atoms with E-state index in [1.54, 1.807) is 11.9 Å². The molecule has 6 heteroatoms. The number of carbonyl (C=O) groups is 2. The molecule has 0 radical (unpaired) electrons. The largest absolute Gasteiger partial charge is 0.396 e. The van der Waals surface area contributed by atoms with Crippen LogP contribution in [-0.2, 0) is 16.1 Å². The second-order valence-corrected chi connectivity index (χ2v) is 8.08. The summed E-state index contributed by atoms with van der Waals surface area (Å²) in [6.07, 6.45) is 4.32. The minimum absolute atomic E-state index is 0.0326. The molecule has 1 aromatic carbocycles. The summed E-state index contributed by atoms with van der Waals surface area (Å²) in [6, 6.07) is 9.60. The molecule has 27 heavy (non-hydrogen) atoms. The lowest BCUT2D eigenvalue weighted by Gasteiger charge is -2.36. The summed E-state index contributed by atoms with van der Waals surface area (Å²) in [6.45, 7) is 2.70. The van der Waals surface area contributed by atoms with Crippen LogP contribution in [0.2, 0.25) is 0 Å². The van der Waals surface area contributed by atoms with E-state index in [0.29, 0.717) is 19.6 Å². The summed E-state index contributed by atoms with van der Waals surface area (Å²) >= 11 is 0. The van der Waals surface area contributed by atoms with Crippen molar-refractivity contribution >= 4 is 11.8 Å². The zero-order chi connectivity index (χ0) is 19.3. The highest BCUT2D eigenvalue weighted by molar-refractivity contribution is 5.88. The fraction of sp³-hybridized carbons (Fsp3) is 0.619. The SMILES string of the molecule is CN(CC1(CO)CCCC1)C(=O)C[C@H]1C(=O)NCCN1Cc1ccccc1. The Kier molecular flexibility index (Phi) is 6.50. The number of carbonyl (C=O) groups excluding carboxylic acids is 2. The van der Waals surface area contributed by atoms with Gasteiger partial charge in [-0.05, 0) is 18.4 Å². The monoisotopic (exact) mass is 373 g/mol. The molecule has 1 aliphatic carbocycles. The lowest BCUT2D eigenvalue weighted by molar-refractivity contribution is -0.139. The van der Waals surface area contributed by atoms with Crippen LogP contribution >= 0.6 is 0 Å². The molecule has 0 unspecified atom stereocenters. The van der Waals surface area contributed by atoms with E-state index < -0.39 is 6.04 Å². The third-order valence-electron chi connectivity index (χ3n) is 6.04. The molecule has 1 heterocycles. The highest BCUT2D eigenvalue weighted by atomic mass is 16.3. The first kappa shape index (κ1) is 19.8. The van der Waals surface area contributed by atoms with Crippen LogP contribution < -0.4 is 5.32 Å². The van der Waals surface area contributed by atoms with Crippen molar-refractivity contribution in [2.45, 2.75) is 44.7 Å². The van der Waals surface area contributed by atoms with Gasteiger partial charge in [-0.25, -0.2) is 0 Å². The van der Waals surface area contributed by atoms with Crippen LogP contribution in [0.3, 0.4) is 0 Å². The fourth-order valence-electron chi connectivity index (χ4n) is 4.39. The third kappa shape index (κ3) is 4.87. The molecule has 1 saturated heterocycles. The highest BCUT2D eigenvalue weighted by Gasteiger charge is 2.37. The quantitative estimate of drug-likeness (QED) is 0.758. The van der Waals surface area contributed by atoms with Crippen LogP contribution in [-0.4, -0.2) is 66.1 Å². The first-order chi connectivity index (χ1) is 13.0. The number of nitrogens with one attached hydrogen (secondary N) is 1. The van der Waals surface area contributed by atoms with Gasteiger partial charge in [-0.15, -0.1) is 0 Å². The van der Waals surface area contributed by atoms with E-state index in [1.165, 1.54) is 0 Å². The average molecular weight is 373 g/mol. The summed E-state index contributed by atoms with van der Waals surface area (Å²) in [4.78, 5) is 29.1. The normalized spacial score (nSPS) is 22.4. The van der Waals surface area contributed by atoms with Gasteiger partial charge in [-0.3, -0.25) is 14.5 Å². The van der Waals surface area contributed by atoms with E-state index in [-0.39, 0.29) is 30.3 Å². The average Bonchev–Trinajstić information content (AvgIpc) is 3.14. The molecule has 2 aliphatic rings. The van der Waals surface area contributed by atoms with Crippen molar-refractivity contribution < 1.29 is 14.7 Å². The molecule has 1 aromatic rings. The molecule has 2 N–H and O–H groups in total. The number of benzene rings is 1. The van der Waals surface area contributed by atoms with Crippen LogP contribution in [0.15, 0.2) is 30.3 Å². The number of amides is 2. The van der Waals surface area contributed by atoms with Crippen LogP contribution in [0.5, 0.6) is 0 Å². The van der Waals surface area contributed by atoms with Gasteiger partial charge in [0.25, 0.3) is 0 Å². The van der Waals surface area contributed by atoms with Crippen LogP contribution in [0.4, 0.5) is 0 Å². The smallest absolute Gasteiger partial charge is 0.237 e. The molecule has 1 aliphatic heterocycles. The van der Waals surface area contributed by atoms with Crippen LogP contribution in [0.1, 0.15) is 37.7 Å². The van der Waals surface area contributed by atoms with Gasteiger partial charge in [0.05, 0.1) is 19.1 Å². The molecule has 2 amide bonds. The van der Waals surface area contributed by atoms with Gasteiger partial charge in [0, 0.05) is 38.6 Å². The maximum Gasteiger partial charge on any atom is 0.237 e. The van der Waals surface area contributed by atoms with Gasteiger partial charge in [-0.2, -0.15) is 0 Å². The maximum absolute atomic E-state index is 12.8. The number of rotatable bonds is 7. The predicted molar refractivity (Wildman–Crippen MR) is 104 cm³/mol. The topological polar surface area (TPSA) is 72.9 Å². The van der Waals surface area contributed by atoms with E-state index in [2.05, 4.69) is 10.2 Å². The van der Waals surface area contributed by atoms with Gasteiger partial charge in [-0.1, -0.05) is 43.2 Å². The lowest BCUT2D eigenvalue weighted by atomic mass is 9.86. The summed E-state index contributed by atoms with van der Waals surface area (Å²) in [5, 5.41) is 12.7. The summed E-state index contributed by atoms with van der Waals surface area (Å²) in [7, 11) is 1.79. The first-order valence-electron chi connectivity index (χ1n) is 9.93. The Balaban J connectivity index is 1.63. The standard InChI is InChI=1S/C21H31N3O3/c1-23(15-21(16-25)9-5-6-10-21)19(26)13-18-20(27)22-11-12-24(18)14-17-7-3-2-4-8-17/h2-4,7-8,18,25H,5-6,9-16H2,1H3,(H,22,27)/t18-/m0/s1. The Morgan fingerprint density at radius 3 is 2.67 bits per heavy atom. The number of hydrogen-bond donors (Lipinski definition) is 2. The van der Waals surface area contributed by atoms with Gasteiger partial charge < -0.3 is 15.3 Å². The molecular formula is C21H31N3O3. The number of aliphatic hydroxyl groups is 1. The summed E-state index contributed by atoms with van der Waals surface area (Å²) < 4.78 is 0. The van der Waals surface area contributed by atoms with Crippen molar-refractivity contribution in [2.75, 3.05) is 33.3 Å². The Bertz CT molecular complexity index is 643. The number of nitrogens with zero attached hydrogens (tertiary/aromatic N) is 2. The van der Waals surface area contributed by atoms with E-state index in [9.17, 15) is 14.7 Å². The number of piperazine rings is 1. The summed E-state index contributed by atoms with van der Waals surface area (Å²) in [5.74, 6) is -0.105. The molecule has 0 bridgehead atoms. The van der Waals surface area contributed by atoms with E-state index in [4.69, 9.17) is 0 Å². The molecule has 1 saturated carbocycles. The van der Waals surface area contributed by atoms with Crippen LogP contribution in [0.25, 0.3) is 0 Å². The zero-order valence-corrected chi connectivity index (χ0v) is 16.2. The van der Waals surface area contributed by atoms with Crippen molar-refractivity contribution in [1.29, 1.82) is 0 Å². The van der Waals surface area contributed by atoms with Gasteiger partial charge in [0.1, 0.15) is 0 Å². The van der Waals surface area contributed by atoms with Crippen molar-refractivity contribution in [3.63, 3.8) is 0 Å². The molecule has 2 fully saturated rings. The number of hydrogen-bond acceptors (Lipinski definition) is 4. The van der Waals surface area contributed by atoms with Crippen molar-refractivity contribution in [1.82, 2.24) is 15.1 Å². The highest BCUT2D eigenvalue weighted by Crippen LogP contribution is 2.38. The Hall–Kier alpha value is -1.92. The zero-order valence-electron chi connectivity index (χ0n) is 16.2. The second kappa shape index (κ2) is 8.85. The Labute approximate surface area is 161 Å². The molecule has 3 rings (SSSR count). The molecule has 6 nitrogen and oxygen atoms in total. The Morgan fingerprint density at radius 2 is 2.00 bits per heavy atom. The minimum atomic E-state index is -0.442. The van der Waals surface area contributed by atoms with Gasteiger partial charge >= 0.3 is 0 Å². The van der Waals surface area contributed by atoms with Crippen molar-refractivity contribution in [3.8, 4) is 0 Å². The van der Waals surface area contributed by atoms with E-state index >= 15 is 0 Å². The van der Waals surface area contributed by atoms with Gasteiger partial charge in [0.2, 0.25) is 11.8 Å². The van der Waals surface area contributed by atoms with Gasteiger partial charge in [0.15, 0.2) is 0 Å². The van der Waals surface area contributed by atoms with E-state index in [0.717, 1.165) is 37.8 Å². The first-order valence-corrected chi connectivity index (χ1v) is 9.93. The molecule has 148 valence electrons. The molecule has 1 atom stereocenters. The second-order valence-electron chi connectivity index (χ2n) is 8.08. The lowest BCUT2D eigenvalue weighted by Crippen LogP contribution is -2.56. The summed E-state index contributed by atoms with van der Waals surface area (Å²) in [5.41, 5.74) is 0.978. The molecule has 0 aromatic heterocycles. The van der Waals surface area contributed by atoms with E-state index in [1.807, 2.05) is 30.3 Å². The molecular weight excluding hydrogens is 342 g/mol. The van der Waals surface area contributed by atoms with Crippen molar-refractivity contribution in [2.24, 2.45) is 5.41 Å².